The first-order valence-electron chi connectivity index (χ1n) is 10.0. The zero-order valence-corrected chi connectivity index (χ0v) is 17.6. The lowest BCUT2D eigenvalue weighted by atomic mass is 9.89. The molecule has 0 aliphatic carbocycles. The summed E-state index contributed by atoms with van der Waals surface area (Å²) < 4.78 is 6.17. The summed E-state index contributed by atoms with van der Waals surface area (Å²) >= 11 is 1.87. The summed E-state index contributed by atoms with van der Waals surface area (Å²) in [5.74, 6) is 0.0541. The second kappa shape index (κ2) is 9.69. The molecule has 1 aromatic heterocycles. The van der Waals surface area contributed by atoms with E-state index in [1.807, 2.05) is 16.2 Å². The molecule has 3 aliphatic rings. The highest BCUT2D eigenvalue weighted by Crippen LogP contribution is 2.32. The monoisotopic (exact) mass is 423 g/mol. The molecule has 1 spiro atoms. The lowest BCUT2D eigenvalue weighted by Crippen LogP contribution is -2.60. The highest BCUT2D eigenvalue weighted by molar-refractivity contribution is 7.11. The van der Waals surface area contributed by atoms with Gasteiger partial charge in [0.05, 0.1) is 12.2 Å². The average molecular weight is 424 g/mol. The maximum Gasteiger partial charge on any atom is 0.290 e. The van der Waals surface area contributed by atoms with Crippen molar-refractivity contribution in [3.63, 3.8) is 0 Å². The number of thiophene rings is 1. The van der Waals surface area contributed by atoms with Gasteiger partial charge in [0.15, 0.2) is 0 Å². The Labute approximate surface area is 174 Å². The van der Waals surface area contributed by atoms with E-state index in [0.717, 1.165) is 32.5 Å². The molecule has 0 radical (unpaired) electrons. The largest absolute Gasteiger partial charge is 0.483 e. The number of rotatable bonds is 3. The Morgan fingerprint density at radius 1 is 1.38 bits per heavy atom. The van der Waals surface area contributed by atoms with Crippen LogP contribution in [0.25, 0.3) is 0 Å². The Bertz CT molecular complexity index is 729. The molecule has 9 heteroatoms. The van der Waals surface area contributed by atoms with Crippen LogP contribution in [0.2, 0.25) is 0 Å². The summed E-state index contributed by atoms with van der Waals surface area (Å²) in [6.07, 6.45) is 3.00. The molecule has 2 amide bonds. The summed E-state index contributed by atoms with van der Waals surface area (Å²) in [6, 6.07) is 4.07. The lowest BCUT2D eigenvalue weighted by molar-refractivity contribution is -0.161. The van der Waals surface area contributed by atoms with E-state index in [4.69, 9.17) is 14.6 Å². The number of nitrogens with one attached hydrogen (secondary N) is 1. The molecule has 4 rings (SSSR count). The molecule has 1 atom stereocenters. The van der Waals surface area contributed by atoms with Gasteiger partial charge in [-0.2, -0.15) is 0 Å². The third-order valence-corrected chi connectivity index (χ3v) is 6.78. The van der Waals surface area contributed by atoms with Crippen molar-refractivity contribution >= 4 is 29.6 Å². The van der Waals surface area contributed by atoms with Gasteiger partial charge in [-0.25, -0.2) is 0 Å². The highest BCUT2D eigenvalue weighted by atomic mass is 32.1. The van der Waals surface area contributed by atoms with E-state index < -0.39 is 0 Å². The standard InChI is InChI=1S/C19H27N3O3S.CH2O2/c1-14-2-3-15(26-14)12-21-8-6-19(7-9-21)13-22(10-11-25-19)18(24)16-4-5-17(23)20-16;2-1-3/h2-3,16H,4-13H2,1H3,(H,20,23);1H,(H,2,3)/t16-;/m0./s1. The number of carbonyl (C=O) groups excluding carboxylic acids is 2. The Hall–Kier alpha value is -1.97. The van der Waals surface area contributed by atoms with Crippen molar-refractivity contribution in [1.29, 1.82) is 0 Å². The van der Waals surface area contributed by atoms with Gasteiger partial charge in [0.25, 0.3) is 6.47 Å². The van der Waals surface area contributed by atoms with Gasteiger partial charge in [-0.3, -0.25) is 19.3 Å². The second-order valence-electron chi connectivity index (χ2n) is 7.84. The molecule has 0 unspecified atom stereocenters. The normalized spacial score (nSPS) is 24.0. The number of amides is 2. The summed E-state index contributed by atoms with van der Waals surface area (Å²) in [7, 11) is 0. The van der Waals surface area contributed by atoms with E-state index in [-0.39, 0.29) is 29.9 Å². The number of likely N-dealkylation sites (tertiary alicyclic amines) is 1. The fourth-order valence-electron chi connectivity index (χ4n) is 4.26. The zero-order chi connectivity index (χ0) is 20.9. The molecular formula is C20H29N3O5S. The topological polar surface area (TPSA) is 99.2 Å². The number of aryl methyl sites for hydroxylation is 1. The van der Waals surface area contributed by atoms with E-state index in [2.05, 4.69) is 29.3 Å². The Morgan fingerprint density at radius 3 is 2.69 bits per heavy atom. The van der Waals surface area contributed by atoms with Crippen LogP contribution in [0.4, 0.5) is 0 Å². The smallest absolute Gasteiger partial charge is 0.290 e. The van der Waals surface area contributed by atoms with Gasteiger partial charge in [0, 0.05) is 48.9 Å². The number of hydrogen-bond donors (Lipinski definition) is 2. The van der Waals surface area contributed by atoms with E-state index in [9.17, 15) is 9.59 Å². The van der Waals surface area contributed by atoms with Crippen LogP contribution in [0.5, 0.6) is 0 Å². The van der Waals surface area contributed by atoms with Gasteiger partial charge in [-0.1, -0.05) is 0 Å². The molecule has 0 aromatic carbocycles. The molecule has 1 aromatic rings. The van der Waals surface area contributed by atoms with Crippen LogP contribution < -0.4 is 5.32 Å². The Kier molecular flexibility index (Phi) is 7.26. The molecule has 160 valence electrons. The molecule has 2 N–H and O–H groups in total. The van der Waals surface area contributed by atoms with Crippen LogP contribution in [-0.2, 0) is 25.7 Å². The molecule has 3 aliphatic heterocycles. The van der Waals surface area contributed by atoms with Crippen molar-refractivity contribution < 1.29 is 24.2 Å². The van der Waals surface area contributed by atoms with Crippen LogP contribution in [0.15, 0.2) is 12.1 Å². The summed E-state index contributed by atoms with van der Waals surface area (Å²) in [5.41, 5.74) is -0.210. The van der Waals surface area contributed by atoms with Crippen molar-refractivity contribution in [2.75, 3.05) is 32.8 Å². The molecule has 3 fully saturated rings. The molecule has 0 bridgehead atoms. The Morgan fingerprint density at radius 2 is 2.10 bits per heavy atom. The molecule has 29 heavy (non-hydrogen) atoms. The van der Waals surface area contributed by atoms with Gasteiger partial charge < -0.3 is 20.1 Å². The van der Waals surface area contributed by atoms with Crippen LogP contribution >= 0.6 is 11.3 Å². The number of hydrogen-bond acceptors (Lipinski definition) is 6. The third-order valence-electron chi connectivity index (χ3n) is 5.80. The molecule has 8 nitrogen and oxygen atoms in total. The number of ether oxygens (including phenoxy) is 1. The quantitative estimate of drug-likeness (QED) is 0.710. The average Bonchev–Trinajstić information content (AvgIpc) is 3.32. The summed E-state index contributed by atoms with van der Waals surface area (Å²) in [6.45, 7) is 6.78. The van der Waals surface area contributed by atoms with E-state index in [1.165, 1.54) is 9.75 Å². The molecular weight excluding hydrogens is 394 g/mol. The minimum atomic E-state index is -0.334. The van der Waals surface area contributed by atoms with Gasteiger partial charge in [-0.05, 0) is 38.3 Å². The van der Waals surface area contributed by atoms with E-state index in [1.54, 1.807) is 0 Å². The van der Waals surface area contributed by atoms with Crippen LogP contribution in [-0.4, -0.2) is 77.6 Å². The second-order valence-corrected chi connectivity index (χ2v) is 9.22. The summed E-state index contributed by atoms with van der Waals surface area (Å²) in [4.78, 5) is 39.7. The highest BCUT2D eigenvalue weighted by Gasteiger charge is 2.42. The van der Waals surface area contributed by atoms with Crippen molar-refractivity contribution in [2.24, 2.45) is 0 Å². The predicted molar refractivity (Wildman–Crippen MR) is 109 cm³/mol. The fourth-order valence-corrected chi connectivity index (χ4v) is 5.20. The maximum absolute atomic E-state index is 12.7. The van der Waals surface area contributed by atoms with Crippen LogP contribution in [0.1, 0.15) is 35.4 Å². The van der Waals surface area contributed by atoms with Crippen LogP contribution in [0, 0.1) is 6.92 Å². The SMILES string of the molecule is Cc1ccc(CN2CCC3(CC2)CN(C(=O)[C@@H]2CCC(=O)N2)CCO3)s1.O=CO. The van der Waals surface area contributed by atoms with Gasteiger partial charge >= 0.3 is 0 Å². The Balaban J connectivity index is 0.000000755. The summed E-state index contributed by atoms with van der Waals surface area (Å²) in [5, 5.41) is 9.69. The fraction of sp³-hybridized carbons (Fsp3) is 0.650. The van der Waals surface area contributed by atoms with Gasteiger partial charge in [0.2, 0.25) is 11.8 Å². The van der Waals surface area contributed by atoms with Crippen molar-refractivity contribution in [2.45, 2.75) is 50.8 Å². The minimum absolute atomic E-state index is 0.0107. The lowest BCUT2D eigenvalue weighted by Gasteiger charge is -2.47. The molecule has 3 saturated heterocycles. The van der Waals surface area contributed by atoms with Gasteiger partial charge in [0.1, 0.15) is 6.04 Å². The van der Waals surface area contributed by atoms with Crippen molar-refractivity contribution in [1.82, 2.24) is 15.1 Å². The first-order chi connectivity index (χ1) is 13.9. The zero-order valence-electron chi connectivity index (χ0n) is 16.8. The third kappa shape index (κ3) is 5.55. The predicted octanol–water partition coefficient (Wildman–Crippen LogP) is 1.23. The van der Waals surface area contributed by atoms with Crippen LogP contribution in [0.3, 0.4) is 0 Å². The minimum Gasteiger partial charge on any atom is -0.483 e. The molecule has 4 heterocycles. The van der Waals surface area contributed by atoms with Crippen molar-refractivity contribution in [3.05, 3.63) is 21.9 Å². The number of nitrogens with zero attached hydrogens (tertiary/aromatic N) is 2. The number of morpholine rings is 1. The number of carboxylic acid groups (broad SMARTS) is 1. The van der Waals surface area contributed by atoms with Crippen molar-refractivity contribution in [3.8, 4) is 0 Å². The molecule has 0 saturated carbocycles. The van der Waals surface area contributed by atoms with E-state index in [0.29, 0.717) is 32.5 Å². The number of carbonyl (C=O) groups is 3. The first kappa shape index (κ1) is 21.7. The van der Waals surface area contributed by atoms with E-state index >= 15 is 0 Å². The first-order valence-corrected chi connectivity index (χ1v) is 10.8. The number of piperidine rings is 1. The van der Waals surface area contributed by atoms with Gasteiger partial charge in [-0.15, -0.1) is 11.3 Å². The maximum atomic E-state index is 12.7.